The average molecular weight is 301 g/mol. The number of hydrogen-bond donors (Lipinski definition) is 2. The summed E-state index contributed by atoms with van der Waals surface area (Å²) in [4.78, 5) is 11.2. The van der Waals surface area contributed by atoms with E-state index in [1.165, 1.54) is 0 Å². The van der Waals surface area contributed by atoms with E-state index in [1.807, 2.05) is 30.3 Å². The van der Waals surface area contributed by atoms with E-state index in [-0.39, 0.29) is 25.7 Å². The summed E-state index contributed by atoms with van der Waals surface area (Å²) >= 11 is 0. The number of benzene rings is 1. The summed E-state index contributed by atoms with van der Waals surface area (Å²) in [6, 6.07) is 8.22. The Hall–Kier alpha value is -1.56. The summed E-state index contributed by atoms with van der Waals surface area (Å²) in [5, 5.41) is 11.9. The second kappa shape index (κ2) is 6.05. The molecule has 1 aromatic rings. The molecule has 2 rings (SSSR count). The van der Waals surface area contributed by atoms with Gasteiger partial charge in [0.05, 0.1) is 5.41 Å². The lowest BCUT2D eigenvalue weighted by Crippen LogP contribution is -2.37. The fraction of sp³-hybridized carbons (Fsp3) is 0.533. The molecule has 2 N–H and O–H groups in total. The Bertz CT molecular complexity index is 483. The van der Waals surface area contributed by atoms with Crippen LogP contribution < -0.4 is 5.32 Å². The summed E-state index contributed by atoms with van der Waals surface area (Å²) in [6.07, 6.45) is -4.14. The summed E-state index contributed by atoms with van der Waals surface area (Å²) in [5.41, 5.74) is -0.740. The van der Waals surface area contributed by atoms with Crippen LogP contribution in [0.25, 0.3) is 0 Å². The monoisotopic (exact) mass is 301 g/mol. The van der Waals surface area contributed by atoms with Crippen LogP contribution in [0, 0.1) is 5.41 Å². The van der Waals surface area contributed by atoms with Gasteiger partial charge in [0.1, 0.15) is 6.04 Å². The minimum atomic E-state index is -4.23. The zero-order chi connectivity index (χ0) is 15.5. The number of carbonyl (C=O) groups is 1. The first kappa shape index (κ1) is 15.8. The summed E-state index contributed by atoms with van der Waals surface area (Å²) in [5.74, 6) is -1.11. The smallest absolute Gasteiger partial charge is 0.394 e. The van der Waals surface area contributed by atoms with Gasteiger partial charge in [-0.1, -0.05) is 30.3 Å². The first-order chi connectivity index (χ1) is 9.84. The number of alkyl halides is 3. The predicted molar refractivity (Wildman–Crippen MR) is 71.7 cm³/mol. The first-order valence-electron chi connectivity index (χ1n) is 6.91. The van der Waals surface area contributed by atoms with Crippen LogP contribution in [0.2, 0.25) is 0 Å². The lowest BCUT2D eigenvalue weighted by atomic mass is 9.96. The van der Waals surface area contributed by atoms with E-state index in [1.54, 1.807) is 0 Å². The Morgan fingerprint density at radius 3 is 2.38 bits per heavy atom. The third-order valence-corrected chi connectivity index (χ3v) is 4.06. The van der Waals surface area contributed by atoms with Gasteiger partial charge in [-0.05, 0) is 31.2 Å². The minimum Gasteiger partial charge on any atom is -0.480 e. The third-order valence-electron chi connectivity index (χ3n) is 4.06. The molecule has 1 aliphatic rings. The highest BCUT2D eigenvalue weighted by atomic mass is 19.4. The number of nitrogens with one attached hydrogen (secondary N) is 1. The molecule has 0 bridgehead atoms. The summed E-state index contributed by atoms with van der Waals surface area (Å²) in [6.45, 7) is 0.330. The third kappa shape index (κ3) is 3.97. The Morgan fingerprint density at radius 2 is 1.90 bits per heavy atom. The highest BCUT2D eigenvalue weighted by molar-refractivity contribution is 5.73. The van der Waals surface area contributed by atoms with E-state index in [9.17, 15) is 18.0 Å². The van der Waals surface area contributed by atoms with Crippen LogP contribution in [0.1, 0.15) is 31.2 Å². The fourth-order valence-corrected chi connectivity index (χ4v) is 2.40. The van der Waals surface area contributed by atoms with Crippen LogP contribution in [0.3, 0.4) is 0 Å². The van der Waals surface area contributed by atoms with E-state index in [0.29, 0.717) is 6.54 Å². The number of rotatable bonds is 7. The van der Waals surface area contributed by atoms with Crippen LogP contribution in [0.15, 0.2) is 30.3 Å². The Morgan fingerprint density at radius 1 is 1.29 bits per heavy atom. The highest BCUT2D eigenvalue weighted by Crippen LogP contribution is 2.60. The zero-order valence-electron chi connectivity index (χ0n) is 11.5. The van der Waals surface area contributed by atoms with Gasteiger partial charge in [-0.2, -0.15) is 13.2 Å². The number of hydrogen-bond acceptors (Lipinski definition) is 2. The van der Waals surface area contributed by atoms with E-state index >= 15 is 0 Å². The predicted octanol–water partition coefficient (Wildman–Crippen LogP) is 3.35. The molecule has 1 atom stereocenters. The lowest BCUT2D eigenvalue weighted by Gasteiger charge is -2.21. The molecule has 1 unspecified atom stereocenters. The van der Waals surface area contributed by atoms with Gasteiger partial charge >= 0.3 is 12.1 Å². The lowest BCUT2D eigenvalue weighted by molar-refractivity contribution is -0.190. The largest absolute Gasteiger partial charge is 0.480 e. The van der Waals surface area contributed by atoms with Crippen molar-refractivity contribution in [3.05, 3.63) is 35.9 Å². The van der Waals surface area contributed by atoms with E-state index in [0.717, 1.165) is 5.56 Å². The molecule has 0 radical (unpaired) electrons. The molecule has 3 nitrogen and oxygen atoms in total. The van der Waals surface area contributed by atoms with Crippen molar-refractivity contribution in [3.8, 4) is 0 Å². The van der Waals surface area contributed by atoms with Crippen molar-refractivity contribution in [2.75, 3.05) is 0 Å². The molecule has 1 aliphatic carbocycles. The molecule has 0 amide bonds. The second-order valence-electron chi connectivity index (χ2n) is 5.57. The van der Waals surface area contributed by atoms with E-state index in [2.05, 4.69) is 5.32 Å². The van der Waals surface area contributed by atoms with Crippen molar-refractivity contribution < 1.29 is 23.1 Å². The summed E-state index contributed by atoms with van der Waals surface area (Å²) in [7, 11) is 0. The zero-order valence-corrected chi connectivity index (χ0v) is 11.5. The van der Waals surface area contributed by atoms with Crippen molar-refractivity contribution in [3.63, 3.8) is 0 Å². The molecule has 1 fully saturated rings. The van der Waals surface area contributed by atoms with Gasteiger partial charge in [-0.25, -0.2) is 0 Å². The number of carboxylic acids is 1. The molecule has 6 heteroatoms. The molecule has 0 heterocycles. The van der Waals surface area contributed by atoms with Crippen molar-refractivity contribution in [2.24, 2.45) is 5.41 Å². The van der Waals surface area contributed by atoms with Gasteiger partial charge in [0.15, 0.2) is 0 Å². The molecular formula is C15H18F3NO2. The number of aliphatic carboxylic acids is 1. The van der Waals surface area contributed by atoms with E-state index < -0.39 is 23.6 Å². The topological polar surface area (TPSA) is 49.3 Å². The molecule has 21 heavy (non-hydrogen) atoms. The standard InChI is InChI=1S/C15H18F3NO2/c16-15(17,18)14(8-9-14)7-6-12(13(20)21)19-10-11-4-2-1-3-5-11/h1-5,12,19H,6-10H2,(H,20,21). The van der Waals surface area contributed by atoms with Gasteiger partial charge in [0.25, 0.3) is 0 Å². The summed E-state index contributed by atoms with van der Waals surface area (Å²) < 4.78 is 38.5. The Balaban J connectivity index is 1.87. The van der Waals surface area contributed by atoms with Crippen LogP contribution in [0.5, 0.6) is 0 Å². The van der Waals surface area contributed by atoms with Crippen molar-refractivity contribution in [1.29, 1.82) is 0 Å². The maximum atomic E-state index is 12.8. The van der Waals surface area contributed by atoms with Gasteiger partial charge < -0.3 is 10.4 Å². The quantitative estimate of drug-likeness (QED) is 0.812. The molecule has 0 spiro atoms. The van der Waals surface area contributed by atoms with Crippen molar-refractivity contribution in [2.45, 2.75) is 44.4 Å². The first-order valence-corrected chi connectivity index (χ1v) is 6.91. The molecule has 0 aromatic heterocycles. The normalized spacial score (nSPS) is 18.2. The van der Waals surface area contributed by atoms with Gasteiger partial charge in [0.2, 0.25) is 0 Å². The molecule has 0 aliphatic heterocycles. The van der Waals surface area contributed by atoms with Crippen LogP contribution in [0.4, 0.5) is 13.2 Å². The van der Waals surface area contributed by atoms with Crippen LogP contribution >= 0.6 is 0 Å². The fourth-order valence-electron chi connectivity index (χ4n) is 2.40. The second-order valence-corrected chi connectivity index (χ2v) is 5.57. The Kier molecular flexibility index (Phi) is 4.56. The molecule has 116 valence electrons. The van der Waals surface area contributed by atoms with Gasteiger partial charge in [-0.3, -0.25) is 4.79 Å². The van der Waals surface area contributed by atoms with Crippen molar-refractivity contribution >= 4 is 5.97 Å². The van der Waals surface area contributed by atoms with E-state index in [4.69, 9.17) is 5.11 Å². The molecular weight excluding hydrogens is 283 g/mol. The van der Waals surface area contributed by atoms with Gasteiger partial charge in [-0.15, -0.1) is 0 Å². The van der Waals surface area contributed by atoms with Crippen LogP contribution in [-0.4, -0.2) is 23.3 Å². The maximum absolute atomic E-state index is 12.8. The van der Waals surface area contributed by atoms with Crippen LogP contribution in [-0.2, 0) is 11.3 Å². The number of carboxylic acid groups (broad SMARTS) is 1. The average Bonchev–Trinajstić information content (AvgIpc) is 3.20. The molecule has 1 aromatic carbocycles. The minimum absolute atomic E-state index is 0.0122. The van der Waals surface area contributed by atoms with Crippen molar-refractivity contribution in [1.82, 2.24) is 5.32 Å². The Labute approximate surface area is 121 Å². The molecule has 1 saturated carbocycles. The SMILES string of the molecule is O=C(O)C(CCC1(C(F)(F)F)CC1)NCc1ccccc1. The van der Waals surface area contributed by atoms with Gasteiger partial charge in [0, 0.05) is 6.54 Å². The maximum Gasteiger partial charge on any atom is 0.394 e. The highest BCUT2D eigenvalue weighted by Gasteiger charge is 2.62. The molecule has 0 saturated heterocycles. The number of halogens is 3.